The van der Waals surface area contributed by atoms with Crippen LogP contribution in [0.1, 0.15) is 32.3 Å². The number of piperidine rings is 1. The average Bonchev–Trinajstić information content (AvgIpc) is 3.13. The predicted octanol–water partition coefficient (Wildman–Crippen LogP) is 4.00. The molecule has 29 heavy (non-hydrogen) atoms. The highest BCUT2D eigenvalue weighted by Crippen LogP contribution is 2.32. The third-order valence-electron chi connectivity index (χ3n) is 5.22. The molecule has 4 aromatic rings. The highest BCUT2D eigenvalue weighted by atomic mass is 19.1. The van der Waals surface area contributed by atoms with Gasteiger partial charge in [-0.25, -0.2) is 14.4 Å². The normalized spacial score (nSPS) is 16.7. The van der Waals surface area contributed by atoms with Crippen LogP contribution in [0.4, 0.5) is 10.1 Å². The van der Waals surface area contributed by atoms with Crippen molar-refractivity contribution < 1.29 is 4.39 Å². The number of imidazole rings is 1. The van der Waals surface area contributed by atoms with Crippen molar-refractivity contribution in [2.24, 2.45) is 5.73 Å². The van der Waals surface area contributed by atoms with Gasteiger partial charge in [0.25, 0.3) is 0 Å². The Balaban J connectivity index is 0.000000994. The lowest BCUT2D eigenvalue weighted by Gasteiger charge is -2.33. The molecule has 1 fully saturated rings. The second-order valence-corrected chi connectivity index (χ2v) is 6.99. The summed E-state index contributed by atoms with van der Waals surface area (Å²) in [6.45, 7) is 5.67. The van der Waals surface area contributed by atoms with Gasteiger partial charge in [-0.1, -0.05) is 13.8 Å². The molecule has 6 nitrogen and oxygen atoms in total. The lowest BCUT2D eigenvalue weighted by atomic mass is 10.0. The molecule has 1 atom stereocenters. The molecular weight excluding hydrogens is 367 g/mol. The Labute approximate surface area is 168 Å². The minimum absolute atomic E-state index is 0.129. The Kier molecular flexibility index (Phi) is 5.03. The maximum atomic E-state index is 13.9. The summed E-state index contributed by atoms with van der Waals surface area (Å²) in [4.78, 5) is 11.3. The van der Waals surface area contributed by atoms with Gasteiger partial charge in [0.1, 0.15) is 17.5 Å². The predicted molar refractivity (Wildman–Crippen MR) is 113 cm³/mol. The van der Waals surface area contributed by atoms with Crippen LogP contribution in [0.25, 0.3) is 27.7 Å². The van der Waals surface area contributed by atoms with Gasteiger partial charge in [0.15, 0.2) is 5.65 Å². The van der Waals surface area contributed by atoms with Crippen LogP contribution >= 0.6 is 0 Å². The summed E-state index contributed by atoms with van der Waals surface area (Å²) in [6.07, 6.45) is 3.78. The lowest BCUT2D eigenvalue weighted by Crippen LogP contribution is -2.42. The molecule has 0 unspecified atom stereocenters. The molecule has 148 valence electrons. The fourth-order valence-corrected chi connectivity index (χ4v) is 4.01. The van der Waals surface area contributed by atoms with E-state index in [1.54, 1.807) is 16.7 Å². The minimum atomic E-state index is -0.349. The largest absolute Gasteiger partial charge is 0.369 e. The first-order valence-electron chi connectivity index (χ1n) is 9.96. The molecule has 0 amide bonds. The van der Waals surface area contributed by atoms with Gasteiger partial charge in [0.2, 0.25) is 0 Å². The van der Waals surface area contributed by atoms with E-state index in [0.29, 0.717) is 27.9 Å². The van der Waals surface area contributed by atoms with Crippen molar-refractivity contribution in [1.82, 2.24) is 14.4 Å². The number of anilines is 1. The number of pyridine rings is 2. The van der Waals surface area contributed by atoms with Crippen molar-refractivity contribution in [3.05, 3.63) is 47.9 Å². The number of fused-ring (bicyclic) bond motifs is 5. The Bertz CT molecular complexity index is 1240. The molecule has 2 N–H and O–H groups in total. The Hall–Kier alpha value is -3.24. The zero-order valence-corrected chi connectivity index (χ0v) is 16.6. The molecule has 1 aliphatic rings. The smallest absolute Gasteiger partial charge is 0.157 e. The van der Waals surface area contributed by atoms with Gasteiger partial charge in [-0.15, -0.1) is 0 Å². The van der Waals surface area contributed by atoms with Crippen molar-refractivity contribution in [1.29, 1.82) is 5.26 Å². The van der Waals surface area contributed by atoms with Crippen LogP contribution in [0.5, 0.6) is 0 Å². The number of hydrogen-bond acceptors (Lipinski definition) is 5. The number of aromatic nitrogens is 3. The maximum Gasteiger partial charge on any atom is 0.157 e. The van der Waals surface area contributed by atoms with Gasteiger partial charge in [-0.3, -0.25) is 4.40 Å². The summed E-state index contributed by atoms with van der Waals surface area (Å²) in [5.41, 5.74) is 9.98. The number of hydrogen-bond donors (Lipinski definition) is 1. The van der Waals surface area contributed by atoms with E-state index >= 15 is 0 Å². The Morgan fingerprint density at radius 3 is 2.79 bits per heavy atom. The maximum absolute atomic E-state index is 13.9. The van der Waals surface area contributed by atoms with E-state index in [0.717, 1.165) is 37.0 Å². The van der Waals surface area contributed by atoms with Gasteiger partial charge in [-0.05, 0) is 37.1 Å². The third-order valence-corrected chi connectivity index (χ3v) is 5.22. The zero-order valence-electron chi connectivity index (χ0n) is 16.6. The zero-order chi connectivity index (χ0) is 20.5. The van der Waals surface area contributed by atoms with Crippen LogP contribution in [0.2, 0.25) is 0 Å². The summed E-state index contributed by atoms with van der Waals surface area (Å²) >= 11 is 0. The van der Waals surface area contributed by atoms with E-state index in [9.17, 15) is 9.65 Å². The van der Waals surface area contributed by atoms with E-state index in [1.807, 2.05) is 26.0 Å². The van der Waals surface area contributed by atoms with E-state index in [4.69, 9.17) is 5.73 Å². The molecule has 0 radical (unpaired) electrons. The van der Waals surface area contributed by atoms with Gasteiger partial charge < -0.3 is 10.6 Å². The quantitative estimate of drug-likeness (QED) is 0.531. The first-order valence-corrected chi connectivity index (χ1v) is 9.96. The molecule has 0 saturated carbocycles. The summed E-state index contributed by atoms with van der Waals surface area (Å²) in [5.74, 6) is -0.349. The molecule has 0 aliphatic carbocycles. The first kappa shape index (κ1) is 19.1. The number of benzene rings is 1. The molecule has 1 aromatic carbocycles. The van der Waals surface area contributed by atoms with E-state index in [2.05, 4.69) is 20.9 Å². The highest BCUT2D eigenvalue weighted by Gasteiger charge is 2.21. The van der Waals surface area contributed by atoms with Gasteiger partial charge in [-0.2, -0.15) is 5.26 Å². The first-order chi connectivity index (χ1) is 14.2. The van der Waals surface area contributed by atoms with Gasteiger partial charge in [0, 0.05) is 42.5 Å². The van der Waals surface area contributed by atoms with Gasteiger partial charge >= 0.3 is 0 Å². The van der Waals surface area contributed by atoms with Crippen LogP contribution in [-0.4, -0.2) is 33.5 Å². The summed E-state index contributed by atoms with van der Waals surface area (Å²) in [7, 11) is 0. The number of nitriles is 1. The molecule has 4 heterocycles. The number of halogens is 1. The van der Waals surface area contributed by atoms with E-state index in [-0.39, 0.29) is 11.9 Å². The minimum Gasteiger partial charge on any atom is -0.369 e. The molecular formula is C22H23FN6. The Morgan fingerprint density at radius 2 is 2.03 bits per heavy atom. The van der Waals surface area contributed by atoms with Crippen LogP contribution in [0.3, 0.4) is 0 Å². The Morgan fingerprint density at radius 1 is 1.21 bits per heavy atom. The summed E-state index contributed by atoms with van der Waals surface area (Å²) in [6, 6.07) is 10.6. The molecule has 5 rings (SSSR count). The third kappa shape index (κ3) is 3.15. The van der Waals surface area contributed by atoms with E-state index in [1.165, 1.54) is 12.1 Å². The SMILES string of the molecule is CC.N#Cc1cc2c(N3CCC[C@@H](N)C3)ccnc2n2c1nc1ccc(F)cc12. The molecule has 1 saturated heterocycles. The van der Waals surface area contributed by atoms with Crippen LogP contribution in [-0.2, 0) is 0 Å². The van der Waals surface area contributed by atoms with Crippen molar-refractivity contribution in [3.8, 4) is 6.07 Å². The van der Waals surface area contributed by atoms with Crippen LogP contribution in [0, 0.1) is 17.1 Å². The molecule has 0 bridgehead atoms. The summed E-state index contributed by atoms with van der Waals surface area (Å²) < 4.78 is 15.7. The second-order valence-electron chi connectivity index (χ2n) is 6.99. The standard InChI is InChI=1S/C20H17FN6.C2H6/c21-13-3-4-16-18(9-13)27-19(25-16)12(10-22)8-15-17(5-6-24-20(15)27)26-7-1-2-14(23)11-26;1-2/h3-6,8-9,14H,1-2,7,11,23H2;1-2H3/t14-;/m1./s1. The highest BCUT2D eigenvalue weighted by molar-refractivity contribution is 5.97. The van der Waals surface area contributed by atoms with Crippen molar-refractivity contribution in [2.45, 2.75) is 32.7 Å². The van der Waals surface area contributed by atoms with E-state index < -0.39 is 0 Å². The number of nitrogens with two attached hydrogens (primary N) is 1. The van der Waals surface area contributed by atoms with Gasteiger partial charge in [0.05, 0.1) is 16.6 Å². The molecule has 1 aliphatic heterocycles. The monoisotopic (exact) mass is 390 g/mol. The van der Waals surface area contributed by atoms with Crippen molar-refractivity contribution in [2.75, 3.05) is 18.0 Å². The fraction of sp³-hybridized carbons (Fsp3) is 0.318. The van der Waals surface area contributed by atoms with Crippen molar-refractivity contribution in [3.63, 3.8) is 0 Å². The van der Waals surface area contributed by atoms with Crippen LogP contribution in [0.15, 0.2) is 36.5 Å². The lowest BCUT2D eigenvalue weighted by molar-refractivity contribution is 0.507. The topological polar surface area (TPSA) is 83.2 Å². The molecule has 0 spiro atoms. The summed E-state index contributed by atoms with van der Waals surface area (Å²) in [5, 5.41) is 10.5. The van der Waals surface area contributed by atoms with Crippen LogP contribution < -0.4 is 10.6 Å². The number of rotatable bonds is 1. The average molecular weight is 390 g/mol. The molecule has 7 heteroatoms. The van der Waals surface area contributed by atoms with Crippen molar-refractivity contribution >= 4 is 33.4 Å². The molecule has 3 aromatic heterocycles. The number of nitrogens with zero attached hydrogens (tertiary/aromatic N) is 5. The fourth-order valence-electron chi connectivity index (χ4n) is 4.01. The second kappa shape index (κ2) is 7.64.